The summed E-state index contributed by atoms with van der Waals surface area (Å²) in [7, 11) is 0. The van der Waals surface area contributed by atoms with Crippen molar-refractivity contribution in [2.45, 2.75) is 13.3 Å². The predicted molar refractivity (Wildman–Crippen MR) is 116 cm³/mol. The van der Waals surface area contributed by atoms with Crippen LogP contribution in [0.2, 0.25) is 0 Å². The lowest BCUT2D eigenvalue weighted by Gasteiger charge is -2.06. The van der Waals surface area contributed by atoms with E-state index >= 15 is 0 Å². The van der Waals surface area contributed by atoms with Crippen LogP contribution in [0.5, 0.6) is 0 Å². The lowest BCUT2D eigenvalue weighted by Crippen LogP contribution is -2.14. The van der Waals surface area contributed by atoms with Crippen molar-refractivity contribution in [1.29, 1.82) is 0 Å². The number of carbonyl (C=O) groups is 1. The van der Waals surface area contributed by atoms with Gasteiger partial charge in [-0.2, -0.15) is 0 Å². The Balaban J connectivity index is 1.53. The zero-order chi connectivity index (χ0) is 18.8. The van der Waals surface area contributed by atoms with Crippen LogP contribution < -0.4 is 5.32 Å². The molecule has 0 radical (unpaired) electrons. The number of benzene rings is 3. The molecule has 0 aliphatic heterocycles. The molecule has 5 heteroatoms. The summed E-state index contributed by atoms with van der Waals surface area (Å²) in [5, 5.41) is 5.85. The number of amides is 1. The molecule has 1 aromatic heterocycles. The first-order valence-electron chi connectivity index (χ1n) is 8.60. The fraction of sp³-hybridized carbons (Fsp3) is 0.0909. The van der Waals surface area contributed by atoms with Gasteiger partial charge in [0.2, 0.25) is 5.91 Å². The van der Waals surface area contributed by atoms with E-state index in [0.717, 1.165) is 36.9 Å². The number of halogens is 1. The Bertz CT molecular complexity index is 1110. The van der Waals surface area contributed by atoms with Gasteiger partial charge in [-0.1, -0.05) is 70.5 Å². The molecule has 0 atom stereocenters. The van der Waals surface area contributed by atoms with Crippen LogP contribution in [0.1, 0.15) is 10.4 Å². The van der Waals surface area contributed by atoms with Gasteiger partial charge in [-0.3, -0.25) is 4.79 Å². The maximum atomic E-state index is 12.6. The van der Waals surface area contributed by atoms with Gasteiger partial charge in [-0.05, 0) is 35.4 Å². The Hall–Kier alpha value is -2.50. The van der Waals surface area contributed by atoms with E-state index in [-0.39, 0.29) is 5.91 Å². The molecule has 3 nitrogen and oxygen atoms in total. The molecule has 1 amide bonds. The van der Waals surface area contributed by atoms with Crippen LogP contribution >= 0.6 is 27.3 Å². The number of fused-ring (bicyclic) bond motifs is 1. The van der Waals surface area contributed by atoms with Gasteiger partial charge in [0, 0.05) is 14.9 Å². The third kappa shape index (κ3) is 3.94. The SMILES string of the molecule is Cc1sc(NC(=O)Cc2cccc3ccccc23)nc1-c1ccc(Br)cc1. The topological polar surface area (TPSA) is 42.0 Å². The summed E-state index contributed by atoms with van der Waals surface area (Å²) < 4.78 is 1.03. The van der Waals surface area contributed by atoms with E-state index in [9.17, 15) is 4.79 Å². The molecule has 0 spiro atoms. The molecule has 4 aromatic rings. The van der Waals surface area contributed by atoms with Crippen LogP contribution in [-0.4, -0.2) is 10.9 Å². The van der Waals surface area contributed by atoms with E-state index < -0.39 is 0 Å². The summed E-state index contributed by atoms with van der Waals surface area (Å²) >= 11 is 4.95. The largest absolute Gasteiger partial charge is 0.302 e. The molecular formula is C22H17BrN2OS. The highest BCUT2D eigenvalue weighted by molar-refractivity contribution is 9.10. The predicted octanol–water partition coefficient (Wildman–Crippen LogP) is 6.22. The number of carbonyl (C=O) groups excluding carboxylic acids is 1. The standard InChI is InChI=1S/C22H17BrN2OS/c1-14-21(16-9-11-18(23)12-10-16)25-22(27-14)24-20(26)13-17-7-4-6-15-5-2-3-8-19(15)17/h2-12H,13H2,1H3,(H,24,25,26). The van der Waals surface area contributed by atoms with Crippen LogP contribution in [0, 0.1) is 6.92 Å². The molecule has 0 unspecified atom stereocenters. The molecule has 134 valence electrons. The minimum absolute atomic E-state index is 0.0533. The maximum Gasteiger partial charge on any atom is 0.230 e. The summed E-state index contributed by atoms with van der Waals surface area (Å²) in [5.74, 6) is -0.0533. The second kappa shape index (κ2) is 7.62. The van der Waals surface area contributed by atoms with E-state index in [0.29, 0.717) is 11.6 Å². The lowest BCUT2D eigenvalue weighted by molar-refractivity contribution is -0.115. The van der Waals surface area contributed by atoms with Crippen molar-refractivity contribution in [2.75, 3.05) is 5.32 Å². The Kier molecular flexibility index (Phi) is 5.05. The van der Waals surface area contributed by atoms with Crippen LogP contribution in [0.25, 0.3) is 22.0 Å². The second-order valence-electron chi connectivity index (χ2n) is 6.29. The van der Waals surface area contributed by atoms with Crippen LogP contribution in [0.4, 0.5) is 5.13 Å². The molecular weight excluding hydrogens is 420 g/mol. The third-order valence-corrected chi connectivity index (χ3v) is 5.81. The Morgan fingerprint density at radius 1 is 1.04 bits per heavy atom. The summed E-state index contributed by atoms with van der Waals surface area (Å²) in [6, 6.07) is 22.2. The van der Waals surface area contributed by atoms with Crippen LogP contribution in [-0.2, 0) is 11.2 Å². The van der Waals surface area contributed by atoms with Gasteiger partial charge in [0.15, 0.2) is 5.13 Å². The van der Waals surface area contributed by atoms with Gasteiger partial charge in [0.25, 0.3) is 0 Å². The number of thiazole rings is 1. The first-order chi connectivity index (χ1) is 13.1. The minimum atomic E-state index is -0.0533. The quantitative estimate of drug-likeness (QED) is 0.412. The average Bonchev–Trinajstić information content (AvgIpc) is 3.02. The molecule has 1 heterocycles. The number of hydrogen-bond acceptors (Lipinski definition) is 3. The number of hydrogen-bond donors (Lipinski definition) is 1. The van der Waals surface area contributed by atoms with Gasteiger partial charge in [-0.15, -0.1) is 11.3 Å². The number of aryl methyl sites for hydroxylation is 1. The van der Waals surface area contributed by atoms with Crippen LogP contribution in [0.3, 0.4) is 0 Å². The zero-order valence-electron chi connectivity index (χ0n) is 14.7. The number of nitrogens with zero attached hydrogens (tertiary/aromatic N) is 1. The Morgan fingerprint density at radius 2 is 1.78 bits per heavy atom. The Morgan fingerprint density at radius 3 is 2.59 bits per heavy atom. The van der Waals surface area contributed by atoms with Gasteiger partial charge >= 0.3 is 0 Å². The first-order valence-corrected chi connectivity index (χ1v) is 10.2. The average molecular weight is 437 g/mol. The van der Waals surface area contributed by atoms with Crippen molar-refractivity contribution in [3.8, 4) is 11.3 Å². The molecule has 0 saturated heterocycles. The van der Waals surface area contributed by atoms with E-state index in [1.165, 1.54) is 11.3 Å². The number of aromatic nitrogens is 1. The number of anilines is 1. The molecule has 3 aromatic carbocycles. The first kappa shape index (κ1) is 17.9. The van der Waals surface area contributed by atoms with Crippen molar-refractivity contribution < 1.29 is 4.79 Å². The van der Waals surface area contributed by atoms with Gasteiger partial charge in [-0.25, -0.2) is 4.98 Å². The van der Waals surface area contributed by atoms with Crippen molar-refractivity contribution in [3.63, 3.8) is 0 Å². The fourth-order valence-corrected chi connectivity index (χ4v) is 4.22. The van der Waals surface area contributed by atoms with Gasteiger partial charge in [0.1, 0.15) is 0 Å². The highest BCUT2D eigenvalue weighted by Crippen LogP contribution is 2.31. The van der Waals surface area contributed by atoms with Gasteiger partial charge < -0.3 is 5.32 Å². The van der Waals surface area contributed by atoms with E-state index in [4.69, 9.17) is 0 Å². The molecule has 0 aliphatic carbocycles. The molecule has 0 saturated carbocycles. The Labute approximate surface area is 170 Å². The maximum absolute atomic E-state index is 12.6. The second-order valence-corrected chi connectivity index (χ2v) is 8.41. The molecule has 1 N–H and O–H groups in total. The molecule has 4 rings (SSSR count). The van der Waals surface area contributed by atoms with Crippen molar-refractivity contribution in [1.82, 2.24) is 4.98 Å². The lowest BCUT2D eigenvalue weighted by atomic mass is 10.0. The van der Waals surface area contributed by atoms with E-state index in [1.807, 2.05) is 55.5 Å². The third-order valence-electron chi connectivity index (χ3n) is 4.39. The fourth-order valence-electron chi connectivity index (χ4n) is 3.11. The number of nitrogens with one attached hydrogen (secondary N) is 1. The normalized spacial score (nSPS) is 10.9. The van der Waals surface area contributed by atoms with Crippen molar-refractivity contribution in [3.05, 3.63) is 81.6 Å². The summed E-state index contributed by atoms with van der Waals surface area (Å²) in [4.78, 5) is 18.3. The molecule has 27 heavy (non-hydrogen) atoms. The summed E-state index contributed by atoms with van der Waals surface area (Å²) in [5.41, 5.74) is 2.97. The highest BCUT2D eigenvalue weighted by Gasteiger charge is 2.13. The summed E-state index contributed by atoms with van der Waals surface area (Å²) in [6.07, 6.45) is 0.327. The summed E-state index contributed by atoms with van der Waals surface area (Å²) in [6.45, 7) is 2.02. The smallest absolute Gasteiger partial charge is 0.230 e. The minimum Gasteiger partial charge on any atom is -0.302 e. The van der Waals surface area contributed by atoms with Crippen molar-refractivity contribution in [2.24, 2.45) is 0 Å². The van der Waals surface area contributed by atoms with Crippen LogP contribution in [0.15, 0.2) is 71.2 Å². The highest BCUT2D eigenvalue weighted by atomic mass is 79.9. The number of rotatable bonds is 4. The zero-order valence-corrected chi connectivity index (χ0v) is 17.1. The molecule has 0 fully saturated rings. The molecule has 0 aliphatic rings. The van der Waals surface area contributed by atoms with E-state index in [2.05, 4.69) is 44.4 Å². The van der Waals surface area contributed by atoms with Gasteiger partial charge in [0.05, 0.1) is 12.1 Å². The van der Waals surface area contributed by atoms with E-state index in [1.54, 1.807) is 0 Å². The van der Waals surface area contributed by atoms with Crippen molar-refractivity contribution >= 4 is 49.1 Å². The molecule has 0 bridgehead atoms. The monoisotopic (exact) mass is 436 g/mol.